The number of nitrogens with zero attached hydrogens (tertiary/aromatic N) is 2. The fourth-order valence-corrected chi connectivity index (χ4v) is 4.24. The van der Waals surface area contributed by atoms with Crippen LogP contribution in [0.5, 0.6) is 11.5 Å². The highest BCUT2D eigenvalue weighted by Gasteiger charge is 2.30. The first-order chi connectivity index (χ1) is 16.0. The summed E-state index contributed by atoms with van der Waals surface area (Å²) in [6, 6.07) is 17.7. The van der Waals surface area contributed by atoms with Crippen molar-refractivity contribution in [3.05, 3.63) is 95.1 Å². The second kappa shape index (κ2) is 10.0. The number of methoxy groups -OCH3 is 2. The molecule has 0 N–H and O–H groups in total. The lowest BCUT2D eigenvalue weighted by Crippen LogP contribution is -2.49. The van der Waals surface area contributed by atoms with Gasteiger partial charge in [-0.2, -0.15) is 0 Å². The highest BCUT2D eigenvalue weighted by Crippen LogP contribution is 2.31. The minimum atomic E-state index is -0.306. The zero-order chi connectivity index (χ0) is 23.4. The number of halogens is 2. The molecule has 0 aliphatic carbocycles. The van der Waals surface area contributed by atoms with Gasteiger partial charge in [-0.15, -0.1) is 0 Å². The third-order valence-electron chi connectivity index (χ3n) is 5.98. The lowest BCUT2D eigenvalue weighted by molar-refractivity contribution is 0.0594. The van der Waals surface area contributed by atoms with Crippen LogP contribution in [0.2, 0.25) is 0 Å². The van der Waals surface area contributed by atoms with Gasteiger partial charge < -0.3 is 14.4 Å². The summed E-state index contributed by atoms with van der Waals surface area (Å²) in [7, 11) is 3.09. The molecule has 0 unspecified atom stereocenters. The number of hydrogen-bond acceptors (Lipinski definition) is 4. The molecule has 0 spiro atoms. The van der Waals surface area contributed by atoms with Crippen molar-refractivity contribution < 1.29 is 23.0 Å². The maximum Gasteiger partial charge on any atom is 0.257 e. The van der Waals surface area contributed by atoms with E-state index in [1.54, 1.807) is 54.5 Å². The average molecular weight is 453 g/mol. The minimum Gasteiger partial charge on any atom is -0.497 e. The van der Waals surface area contributed by atoms with Crippen molar-refractivity contribution in [2.24, 2.45) is 0 Å². The van der Waals surface area contributed by atoms with Crippen molar-refractivity contribution >= 4 is 5.91 Å². The SMILES string of the molecule is COc1ccc(OC)c(C(=O)N2CCN(C(c3ccc(F)cc3)c3ccc(F)cc3)CC2)c1. The Labute approximate surface area is 192 Å². The quantitative estimate of drug-likeness (QED) is 0.551. The van der Waals surface area contributed by atoms with Crippen LogP contribution in [0.15, 0.2) is 66.7 Å². The van der Waals surface area contributed by atoms with Crippen molar-refractivity contribution in [2.75, 3.05) is 40.4 Å². The van der Waals surface area contributed by atoms with E-state index in [2.05, 4.69) is 4.90 Å². The Balaban J connectivity index is 1.55. The van der Waals surface area contributed by atoms with E-state index in [0.717, 1.165) is 11.1 Å². The number of hydrogen-bond donors (Lipinski definition) is 0. The van der Waals surface area contributed by atoms with Gasteiger partial charge in [0.2, 0.25) is 0 Å². The topological polar surface area (TPSA) is 42.0 Å². The lowest BCUT2D eigenvalue weighted by atomic mass is 9.96. The maximum absolute atomic E-state index is 13.5. The number of carbonyl (C=O) groups is 1. The summed E-state index contributed by atoms with van der Waals surface area (Å²) in [5, 5.41) is 0. The van der Waals surface area contributed by atoms with Gasteiger partial charge in [0.15, 0.2) is 0 Å². The Bertz CT molecular complexity index is 1050. The normalized spacial score (nSPS) is 14.4. The molecule has 3 aromatic carbocycles. The lowest BCUT2D eigenvalue weighted by Gasteiger charge is -2.40. The van der Waals surface area contributed by atoms with Crippen molar-refractivity contribution in [1.82, 2.24) is 9.80 Å². The average Bonchev–Trinajstić information content (AvgIpc) is 2.86. The van der Waals surface area contributed by atoms with Gasteiger partial charge >= 0.3 is 0 Å². The van der Waals surface area contributed by atoms with E-state index in [4.69, 9.17) is 9.47 Å². The summed E-state index contributed by atoms with van der Waals surface area (Å²) in [6.07, 6.45) is 0. The summed E-state index contributed by atoms with van der Waals surface area (Å²) >= 11 is 0. The molecule has 0 aromatic heterocycles. The zero-order valence-electron chi connectivity index (χ0n) is 18.6. The van der Waals surface area contributed by atoms with Gasteiger partial charge in [-0.05, 0) is 53.6 Å². The molecule has 33 heavy (non-hydrogen) atoms. The molecule has 172 valence electrons. The van der Waals surface area contributed by atoms with Crippen molar-refractivity contribution in [2.45, 2.75) is 6.04 Å². The number of ether oxygens (including phenoxy) is 2. The highest BCUT2D eigenvalue weighted by atomic mass is 19.1. The van der Waals surface area contributed by atoms with Gasteiger partial charge in [-0.25, -0.2) is 8.78 Å². The van der Waals surface area contributed by atoms with Crippen LogP contribution in [-0.4, -0.2) is 56.1 Å². The molecule has 1 amide bonds. The van der Waals surface area contributed by atoms with Crippen LogP contribution >= 0.6 is 0 Å². The Hall–Kier alpha value is -3.45. The minimum absolute atomic E-state index is 0.120. The largest absolute Gasteiger partial charge is 0.497 e. The molecule has 0 bridgehead atoms. The second-order valence-corrected chi connectivity index (χ2v) is 7.90. The molecule has 1 heterocycles. The molecular weight excluding hydrogens is 426 g/mol. The van der Waals surface area contributed by atoms with Crippen LogP contribution in [0.3, 0.4) is 0 Å². The predicted molar refractivity (Wildman–Crippen MR) is 122 cm³/mol. The first-order valence-electron chi connectivity index (χ1n) is 10.8. The third-order valence-corrected chi connectivity index (χ3v) is 5.98. The van der Waals surface area contributed by atoms with E-state index >= 15 is 0 Å². The summed E-state index contributed by atoms with van der Waals surface area (Å²) in [5.74, 6) is 0.355. The van der Waals surface area contributed by atoms with E-state index in [1.165, 1.54) is 31.4 Å². The van der Waals surface area contributed by atoms with Crippen LogP contribution in [0.1, 0.15) is 27.5 Å². The second-order valence-electron chi connectivity index (χ2n) is 7.90. The predicted octanol–water partition coefficient (Wildman–Crippen LogP) is 4.53. The fraction of sp³-hybridized carbons (Fsp3) is 0.269. The fourth-order valence-electron chi connectivity index (χ4n) is 4.24. The number of rotatable bonds is 6. The monoisotopic (exact) mass is 452 g/mol. The molecule has 1 aliphatic heterocycles. The zero-order valence-corrected chi connectivity index (χ0v) is 18.6. The Kier molecular flexibility index (Phi) is 6.89. The summed E-state index contributed by atoms with van der Waals surface area (Å²) in [6.45, 7) is 2.24. The van der Waals surface area contributed by atoms with E-state index in [-0.39, 0.29) is 23.6 Å². The molecule has 3 aromatic rings. The molecule has 5 nitrogen and oxygen atoms in total. The van der Waals surface area contributed by atoms with Gasteiger partial charge in [0.25, 0.3) is 5.91 Å². The van der Waals surface area contributed by atoms with Crippen LogP contribution in [0.4, 0.5) is 8.78 Å². The van der Waals surface area contributed by atoms with E-state index in [0.29, 0.717) is 43.2 Å². The molecule has 0 saturated carbocycles. The Morgan fingerprint density at radius 3 is 1.82 bits per heavy atom. The van der Waals surface area contributed by atoms with E-state index in [1.807, 2.05) is 0 Å². The van der Waals surface area contributed by atoms with Crippen LogP contribution in [-0.2, 0) is 0 Å². The Morgan fingerprint density at radius 2 is 1.33 bits per heavy atom. The standard InChI is InChI=1S/C26H26F2N2O3/c1-32-22-11-12-24(33-2)23(17-22)26(31)30-15-13-29(14-16-30)25(18-3-7-20(27)8-4-18)19-5-9-21(28)10-6-19/h3-12,17,25H,13-16H2,1-2H3. The van der Waals surface area contributed by atoms with Crippen molar-refractivity contribution in [3.8, 4) is 11.5 Å². The maximum atomic E-state index is 13.5. The van der Waals surface area contributed by atoms with Gasteiger partial charge in [0.1, 0.15) is 23.1 Å². The molecule has 7 heteroatoms. The third kappa shape index (κ3) is 4.98. The molecular formula is C26H26F2N2O3. The van der Waals surface area contributed by atoms with Crippen LogP contribution < -0.4 is 9.47 Å². The van der Waals surface area contributed by atoms with E-state index < -0.39 is 0 Å². The molecule has 4 rings (SSSR count). The van der Waals surface area contributed by atoms with Gasteiger partial charge in [-0.1, -0.05) is 24.3 Å². The number of benzene rings is 3. The highest BCUT2D eigenvalue weighted by molar-refractivity contribution is 5.97. The van der Waals surface area contributed by atoms with Crippen LogP contribution in [0.25, 0.3) is 0 Å². The molecule has 0 radical (unpaired) electrons. The Morgan fingerprint density at radius 1 is 0.788 bits per heavy atom. The van der Waals surface area contributed by atoms with Crippen molar-refractivity contribution in [1.29, 1.82) is 0 Å². The number of carbonyl (C=O) groups excluding carboxylic acids is 1. The van der Waals surface area contributed by atoms with E-state index in [9.17, 15) is 13.6 Å². The summed E-state index contributed by atoms with van der Waals surface area (Å²) in [4.78, 5) is 17.2. The van der Waals surface area contributed by atoms with Gasteiger partial charge in [-0.3, -0.25) is 9.69 Å². The number of piperazine rings is 1. The number of amides is 1. The van der Waals surface area contributed by atoms with Crippen molar-refractivity contribution in [3.63, 3.8) is 0 Å². The first-order valence-corrected chi connectivity index (χ1v) is 10.8. The smallest absolute Gasteiger partial charge is 0.257 e. The van der Waals surface area contributed by atoms with Gasteiger partial charge in [0.05, 0.1) is 25.8 Å². The summed E-state index contributed by atoms with van der Waals surface area (Å²) in [5.41, 5.74) is 2.29. The first kappa shape index (κ1) is 22.7. The van der Waals surface area contributed by atoms with Crippen LogP contribution in [0, 0.1) is 11.6 Å². The molecule has 0 atom stereocenters. The summed E-state index contributed by atoms with van der Waals surface area (Å²) < 4.78 is 37.7. The van der Waals surface area contributed by atoms with Gasteiger partial charge in [0, 0.05) is 26.2 Å². The molecule has 1 fully saturated rings. The molecule has 1 saturated heterocycles. The molecule has 1 aliphatic rings.